The van der Waals surface area contributed by atoms with E-state index in [0.717, 1.165) is 16.6 Å². The number of hydrogen-bond acceptors (Lipinski definition) is 7. The van der Waals surface area contributed by atoms with E-state index in [-0.39, 0.29) is 5.88 Å². The summed E-state index contributed by atoms with van der Waals surface area (Å²) in [7, 11) is 0. The topological polar surface area (TPSA) is 98.8 Å². The Bertz CT molecular complexity index is 1020. The molecule has 0 fully saturated rings. The number of rotatable bonds is 4. The first kappa shape index (κ1) is 14.8. The van der Waals surface area contributed by atoms with E-state index in [0.29, 0.717) is 17.3 Å². The summed E-state index contributed by atoms with van der Waals surface area (Å²) >= 11 is 0. The van der Waals surface area contributed by atoms with Gasteiger partial charge in [-0.15, -0.1) is 0 Å². The minimum Gasteiger partial charge on any atom is -0.435 e. The van der Waals surface area contributed by atoms with Crippen molar-refractivity contribution in [2.45, 2.75) is 0 Å². The van der Waals surface area contributed by atoms with Gasteiger partial charge in [0.25, 0.3) is 0 Å². The van der Waals surface area contributed by atoms with Crippen molar-refractivity contribution in [2.24, 2.45) is 0 Å². The highest BCUT2D eigenvalue weighted by Crippen LogP contribution is 2.33. The van der Waals surface area contributed by atoms with Gasteiger partial charge >= 0.3 is 0 Å². The molecule has 0 aliphatic carbocycles. The smallest absolute Gasteiger partial charge is 0.248 e. The van der Waals surface area contributed by atoms with E-state index in [1.807, 2.05) is 42.5 Å². The lowest BCUT2D eigenvalue weighted by Gasteiger charge is -2.12. The zero-order valence-corrected chi connectivity index (χ0v) is 13.1. The van der Waals surface area contributed by atoms with Crippen molar-refractivity contribution in [3.63, 3.8) is 0 Å². The standard InChI is InChI=1S/C18H14N6O/c19-15-17(24-13-6-3-8-20-10-13)22-11-23-18(15)25-14-7-1-4-12-5-2-9-21-16(12)14/h1-11H,19H2,(H,22,23,24). The Morgan fingerprint density at radius 2 is 1.80 bits per heavy atom. The number of hydrogen-bond donors (Lipinski definition) is 2. The quantitative estimate of drug-likeness (QED) is 0.590. The lowest BCUT2D eigenvalue weighted by molar-refractivity contribution is 0.469. The first-order chi connectivity index (χ1) is 12.3. The largest absolute Gasteiger partial charge is 0.435 e. The Balaban J connectivity index is 1.68. The number of ether oxygens (including phenoxy) is 1. The molecule has 4 aromatic rings. The van der Waals surface area contributed by atoms with E-state index in [2.05, 4.69) is 25.3 Å². The number of pyridine rings is 2. The highest BCUT2D eigenvalue weighted by molar-refractivity contribution is 5.84. The molecule has 3 aromatic heterocycles. The summed E-state index contributed by atoms with van der Waals surface area (Å²) in [4.78, 5) is 16.7. The van der Waals surface area contributed by atoms with Crippen LogP contribution in [0.1, 0.15) is 0 Å². The van der Waals surface area contributed by atoms with Crippen LogP contribution in [0.2, 0.25) is 0 Å². The zero-order chi connectivity index (χ0) is 17.1. The van der Waals surface area contributed by atoms with Gasteiger partial charge in [-0.25, -0.2) is 4.98 Å². The molecule has 7 nitrogen and oxygen atoms in total. The first-order valence-electron chi connectivity index (χ1n) is 7.60. The van der Waals surface area contributed by atoms with Gasteiger partial charge in [-0.05, 0) is 24.3 Å². The number of anilines is 3. The molecule has 0 spiro atoms. The van der Waals surface area contributed by atoms with E-state index in [9.17, 15) is 0 Å². The lowest BCUT2D eigenvalue weighted by atomic mass is 10.2. The predicted molar refractivity (Wildman–Crippen MR) is 95.8 cm³/mol. The second kappa shape index (κ2) is 6.40. The first-order valence-corrected chi connectivity index (χ1v) is 7.60. The van der Waals surface area contributed by atoms with Crippen molar-refractivity contribution in [1.29, 1.82) is 0 Å². The van der Waals surface area contributed by atoms with Crippen LogP contribution in [0, 0.1) is 0 Å². The van der Waals surface area contributed by atoms with Gasteiger partial charge in [0.1, 0.15) is 17.5 Å². The van der Waals surface area contributed by atoms with Crippen LogP contribution < -0.4 is 15.8 Å². The Hall–Kier alpha value is -3.74. The van der Waals surface area contributed by atoms with Crippen LogP contribution in [0.5, 0.6) is 11.6 Å². The number of aromatic nitrogens is 4. The van der Waals surface area contributed by atoms with E-state index >= 15 is 0 Å². The summed E-state index contributed by atoms with van der Waals surface area (Å²) in [6.07, 6.45) is 6.48. The fraction of sp³-hybridized carbons (Fsp3) is 0. The average molecular weight is 330 g/mol. The molecule has 0 aliphatic rings. The molecule has 3 heterocycles. The van der Waals surface area contributed by atoms with Crippen molar-refractivity contribution in [2.75, 3.05) is 11.1 Å². The summed E-state index contributed by atoms with van der Waals surface area (Å²) in [5.41, 5.74) is 7.98. The highest BCUT2D eigenvalue weighted by atomic mass is 16.5. The second-order valence-corrected chi connectivity index (χ2v) is 5.24. The maximum Gasteiger partial charge on any atom is 0.248 e. The molecule has 7 heteroatoms. The molecule has 0 unspecified atom stereocenters. The number of nitrogens with one attached hydrogen (secondary N) is 1. The summed E-state index contributed by atoms with van der Waals surface area (Å²) in [6, 6.07) is 13.2. The molecule has 0 bridgehead atoms. The minimum absolute atomic E-state index is 0.263. The molecule has 122 valence electrons. The number of para-hydroxylation sites is 1. The Labute approximate surface area is 143 Å². The number of benzene rings is 1. The van der Waals surface area contributed by atoms with Crippen LogP contribution in [0.4, 0.5) is 17.2 Å². The molecule has 0 atom stereocenters. The number of nitrogen functional groups attached to an aromatic ring is 1. The van der Waals surface area contributed by atoms with Crippen molar-refractivity contribution in [3.8, 4) is 11.6 Å². The van der Waals surface area contributed by atoms with E-state index in [4.69, 9.17) is 10.5 Å². The van der Waals surface area contributed by atoms with Crippen molar-refractivity contribution in [3.05, 3.63) is 67.4 Å². The fourth-order valence-electron chi connectivity index (χ4n) is 2.40. The van der Waals surface area contributed by atoms with Crippen LogP contribution in [0.15, 0.2) is 67.4 Å². The number of nitrogens with zero attached hydrogens (tertiary/aromatic N) is 4. The molecule has 25 heavy (non-hydrogen) atoms. The summed E-state index contributed by atoms with van der Waals surface area (Å²) in [5.74, 6) is 1.29. The van der Waals surface area contributed by atoms with E-state index in [1.165, 1.54) is 6.33 Å². The van der Waals surface area contributed by atoms with Gasteiger partial charge in [0.05, 0.1) is 11.9 Å². The monoisotopic (exact) mass is 330 g/mol. The van der Waals surface area contributed by atoms with Crippen LogP contribution in [-0.4, -0.2) is 19.9 Å². The van der Waals surface area contributed by atoms with Crippen LogP contribution in [-0.2, 0) is 0 Å². The summed E-state index contributed by atoms with van der Waals surface area (Å²) in [5, 5.41) is 4.07. The van der Waals surface area contributed by atoms with E-state index in [1.54, 1.807) is 18.6 Å². The number of nitrogens with two attached hydrogens (primary N) is 1. The summed E-state index contributed by atoms with van der Waals surface area (Å²) in [6.45, 7) is 0. The predicted octanol–water partition coefficient (Wildman–Crippen LogP) is 3.54. The van der Waals surface area contributed by atoms with Gasteiger partial charge in [0.15, 0.2) is 11.6 Å². The van der Waals surface area contributed by atoms with Crippen molar-refractivity contribution in [1.82, 2.24) is 19.9 Å². The molecular weight excluding hydrogens is 316 g/mol. The Morgan fingerprint density at radius 1 is 0.920 bits per heavy atom. The third kappa shape index (κ3) is 3.02. The van der Waals surface area contributed by atoms with Gasteiger partial charge in [-0.3, -0.25) is 9.97 Å². The third-order valence-electron chi connectivity index (χ3n) is 3.57. The molecule has 0 amide bonds. The molecule has 4 rings (SSSR count). The molecule has 0 saturated carbocycles. The highest BCUT2D eigenvalue weighted by Gasteiger charge is 2.12. The van der Waals surface area contributed by atoms with E-state index < -0.39 is 0 Å². The lowest BCUT2D eigenvalue weighted by Crippen LogP contribution is -2.03. The Morgan fingerprint density at radius 3 is 2.68 bits per heavy atom. The van der Waals surface area contributed by atoms with Gasteiger partial charge in [0.2, 0.25) is 5.88 Å². The fourth-order valence-corrected chi connectivity index (χ4v) is 2.40. The van der Waals surface area contributed by atoms with Gasteiger partial charge in [0, 0.05) is 17.8 Å². The van der Waals surface area contributed by atoms with Crippen LogP contribution in [0.25, 0.3) is 10.9 Å². The average Bonchev–Trinajstić information content (AvgIpc) is 2.66. The summed E-state index contributed by atoms with van der Waals surface area (Å²) < 4.78 is 5.91. The normalized spacial score (nSPS) is 10.6. The molecule has 1 aromatic carbocycles. The van der Waals surface area contributed by atoms with Gasteiger partial charge in [-0.1, -0.05) is 18.2 Å². The SMILES string of the molecule is Nc1c(Nc2cccnc2)ncnc1Oc1cccc2cccnc12. The minimum atomic E-state index is 0.263. The molecule has 0 aliphatic heterocycles. The third-order valence-corrected chi connectivity index (χ3v) is 3.57. The maximum absolute atomic E-state index is 6.17. The second-order valence-electron chi connectivity index (χ2n) is 5.24. The zero-order valence-electron chi connectivity index (χ0n) is 13.1. The van der Waals surface area contributed by atoms with Gasteiger partial charge in [-0.2, -0.15) is 4.98 Å². The maximum atomic E-state index is 6.17. The van der Waals surface area contributed by atoms with Crippen LogP contribution >= 0.6 is 0 Å². The number of fused-ring (bicyclic) bond motifs is 1. The molecule has 3 N–H and O–H groups in total. The van der Waals surface area contributed by atoms with Crippen molar-refractivity contribution < 1.29 is 4.74 Å². The van der Waals surface area contributed by atoms with Crippen molar-refractivity contribution >= 4 is 28.1 Å². The molecule has 0 radical (unpaired) electrons. The van der Waals surface area contributed by atoms with Crippen LogP contribution in [0.3, 0.4) is 0 Å². The molecular formula is C18H14N6O. The Kier molecular flexibility index (Phi) is 3.80. The van der Waals surface area contributed by atoms with Gasteiger partial charge < -0.3 is 15.8 Å². The molecule has 0 saturated heterocycles.